The van der Waals surface area contributed by atoms with Gasteiger partial charge in [0.05, 0.1) is 12.2 Å². The van der Waals surface area contributed by atoms with E-state index in [2.05, 4.69) is 43.0 Å². The van der Waals surface area contributed by atoms with Crippen molar-refractivity contribution in [2.24, 2.45) is 0 Å². The summed E-state index contributed by atoms with van der Waals surface area (Å²) >= 11 is 0. The normalized spacial score (nSPS) is 11.0. The zero-order chi connectivity index (χ0) is 15.7. The van der Waals surface area contributed by atoms with E-state index in [0.29, 0.717) is 5.92 Å². The molecule has 1 rings (SSSR count). The van der Waals surface area contributed by atoms with Crippen LogP contribution < -0.4 is 10.1 Å². The molecule has 0 fully saturated rings. The molecule has 0 amide bonds. The Bertz CT molecular complexity index is 419. The molecule has 0 spiro atoms. The molecule has 0 aliphatic rings. The predicted octanol–water partition coefficient (Wildman–Crippen LogP) is 4.69. The Labute approximate surface area is 129 Å². The highest BCUT2D eigenvalue weighted by atomic mass is 16.5. The van der Waals surface area contributed by atoms with Gasteiger partial charge < -0.3 is 10.1 Å². The Kier molecular flexibility index (Phi) is 8.09. The third kappa shape index (κ3) is 5.90. The van der Waals surface area contributed by atoms with E-state index in [0.717, 1.165) is 42.7 Å². The van der Waals surface area contributed by atoms with Crippen molar-refractivity contribution in [2.75, 3.05) is 18.5 Å². The third-order valence-corrected chi connectivity index (χ3v) is 3.47. The summed E-state index contributed by atoms with van der Waals surface area (Å²) in [4.78, 5) is 9.16. The first-order chi connectivity index (χ1) is 10.1. The van der Waals surface area contributed by atoms with Gasteiger partial charge in [0.15, 0.2) is 0 Å². The van der Waals surface area contributed by atoms with Crippen molar-refractivity contribution < 1.29 is 4.74 Å². The van der Waals surface area contributed by atoms with Crippen molar-refractivity contribution in [1.82, 2.24) is 9.97 Å². The molecule has 0 saturated carbocycles. The second kappa shape index (κ2) is 9.59. The van der Waals surface area contributed by atoms with Crippen LogP contribution in [0.15, 0.2) is 0 Å². The van der Waals surface area contributed by atoms with Gasteiger partial charge in [0.1, 0.15) is 11.6 Å². The van der Waals surface area contributed by atoms with Crippen LogP contribution in [0.2, 0.25) is 0 Å². The lowest BCUT2D eigenvalue weighted by atomic mass is 10.2. The number of aromatic nitrogens is 2. The molecule has 1 aromatic rings. The van der Waals surface area contributed by atoms with Crippen molar-refractivity contribution in [3.8, 4) is 5.88 Å². The highest BCUT2D eigenvalue weighted by Gasteiger charge is 2.13. The number of ether oxygens (including phenoxy) is 1. The molecule has 120 valence electrons. The van der Waals surface area contributed by atoms with Crippen LogP contribution in [0.3, 0.4) is 0 Å². The van der Waals surface area contributed by atoms with Crippen LogP contribution >= 0.6 is 0 Å². The van der Waals surface area contributed by atoms with Crippen LogP contribution in [-0.4, -0.2) is 23.1 Å². The molecule has 4 nitrogen and oxygen atoms in total. The molecule has 0 unspecified atom stereocenters. The average molecular weight is 293 g/mol. The summed E-state index contributed by atoms with van der Waals surface area (Å²) < 4.78 is 5.90. The molecule has 0 aliphatic carbocycles. The van der Waals surface area contributed by atoms with E-state index in [-0.39, 0.29) is 0 Å². The molecule has 0 radical (unpaired) electrons. The fourth-order valence-electron chi connectivity index (χ4n) is 2.13. The summed E-state index contributed by atoms with van der Waals surface area (Å²) in [7, 11) is 0. The van der Waals surface area contributed by atoms with Gasteiger partial charge in [-0.05, 0) is 20.3 Å². The van der Waals surface area contributed by atoms with Gasteiger partial charge in [-0.25, -0.2) is 4.98 Å². The van der Waals surface area contributed by atoms with Crippen LogP contribution in [0.4, 0.5) is 5.82 Å². The molecule has 0 saturated heterocycles. The molecule has 1 heterocycles. The Morgan fingerprint density at radius 2 is 1.76 bits per heavy atom. The van der Waals surface area contributed by atoms with Crippen molar-refractivity contribution in [3.05, 3.63) is 11.4 Å². The van der Waals surface area contributed by atoms with Gasteiger partial charge in [-0.1, -0.05) is 46.5 Å². The molecule has 1 N–H and O–H groups in total. The molecular formula is C17H31N3O. The van der Waals surface area contributed by atoms with Crippen molar-refractivity contribution >= 4 is 5.82 Å². The number of hydrogen-bond donors (Lipinski definition) is 1. The minimum absolute atomic E-state index is 0.301. The van der Waals surface area contributed by atoms with Crippen molar-refractivity contribution in [2.45, 2.75) is 72.6 Å². The first kappa shape index (κ1) is 17.7. The summed E-state index contributed by atoms with van der Waals surface area (Å²) in [5, 5.41) is 3.30. The summed E-state index contributed by atoms with van der Waals surface area (Å²) in [5.74, 6) is 2.78. The van der Waals surface area contributed by atoms with Crippen molar-refractivity contribution in [1.29, 1.82) is 0 Å². The second-order valence-corrected chi connectivity index (χ2v) is 5.81. The van der Waals surface area contributed by atoms with Crippen LogP contribution in [0, 0.1) is 6.92 Å². The number of unbranched alkanes of at least 4 members (excludes halogenated alkanes) is 4. The highest BCUT2D eigenvalue weighted by Crippen LogP contribution is 2.25. The van der Waals surface area contributed by atoms with E-state index >= 15 is 0 Å². The van der Waals surface area contributed by atoms with E-state index in [1.807, 2.05) is 6.92 Å². The minimum Gasteiger partial charge on any atom is -0.477 e. The van der Waals surface area contributed by atoms with Crippen LogP contribution in [-0.2, 0) is 0 Å². The summed E-state index contributed by atoms with van der Waals surface area (Å²) in [6, 6.07) is 0. The maximum Gasteiger partial charge on any atom is 0.221 e. The first-order valence-corrected chi connectivity index (χ1v) is 8.35. The SMILES string of the molecule is CCCCCCCOc1nc(C(C)C)nc(NCC)c1C. The van der Waals surface area contributed by atoms with Crippen LogP contribution in [0.25, 0.3) is 0 Å². The van der Waals surface area contributed by atoms with Gasteiger partial charge in [0.25, 0.3) is 0 Å². The average Bonchev–Trinajstić information content (AvgIpc) is 2.46. The van der Waals surface area contributed by atoms with E-state index in [9.17, 15) is 0 Å². The minimum atomic E-state index is 0.301. The second-order valence-electron chi connectivity index (χ2n) is 5.81. The smallest absolute Gasteiger partial charge is 0.221 e. The largest absolute Gasteiger partial charge is 0.477 e. The number of nitrogens with zero attached hydrogens (tertiary/aromatic N) is 2. The monoisotopic (exact) mass is 293 g/mol. The zero-order valence-electron chi connectivity index (χ0n) is 14.3. The summed E-state index contributed by atoms with van der Waals surface area (Å²) in [6.45, 7) is 12.1. The van der Waals surface area contributed by atoms with Gasteiger partial charge >= 0.3 is 0 Å². The third-order valence-electron chi connectivity index (χ3n) is 3.47. The lowest BCUT2D eigenvalue weighted by Gasteiger charge is -2.15. The lowest BCUT2D eigenvalue weighted by Crippen LogP contribution is -2.10. The number of nitrogens with one attached hydrogen (secondary N) is 1. The summed E-state index contributed by atoms with van der Waals surface area (Å²) in [5.41, 5.74) is 1.01. The fraction of sp³-hybridized carbons (Fsp3) is 0.765. The Morgan fingerprint density at radius 3 is 2.38 bits per heavy atom. The summed E-state index contributed by atoms with van der Waals surface area (Å²) in [6.07, 6.45) is 6.21. The maximum atomic E-state index is 5.90. The first-order valence-electron chi connectivity index (χ1n) is 8.35. The predicted molar refractivity (Wildman–Crippen MR) is 89.3 cm³/mol. The molecule has 0 aromatic carbocycles. The van der Waals surface area contributed by atoms with E-state index < -0.39 is 0 Å². The van der Waals surface area contributed by atoms with Crippen LogP contribution in [0.5, 0.6) is 5.88 Å². The van der Waals surface area contributed by atoms with Crippen LogP contribution in [0.1, 0.15) is 77.1 Å². The molecule has 0 aliphatic heterocycles. The fourth-order valence-corrected chi connectivity index (χ4v) is 2.13. The van der Waals surface area contributed by atoms with E-state index in [1.54, 1.807) is 0 Å². The van der Waals surface area contributed by atoms with Gasteiger partial charge in [-0.15, -0.1) is 0 Å². The van der Waals surface area contributed by atoms with Crippen molar-refractivity contribution in [3.63, 3.8) is 0 Å². The molecule has 0 bridgehead atoms. The van der Waals surface area contributed by atoms with E-state index in [4.69, 9.17) is 4.74 Å². The van der Waals surface area contributed by atoms with Gasteiger partial charge in [-0.2, -0.15) is 4.98 Å². The molecule has 4 heteroatoms. The van der Waals surface area contributed by atoms with Gasteiger partial charge in [-0.3, -0.25) is 0 Å². The number of anilines is 1. The Balaban J connectivity index is 2.66. The van der Waals surface area contributed by atoms with E-state index in [1.165, 1.54) is 25.7 Å². The molecule has 1 aromatic heterocycles. The van der Waals surface area contributed by atoms with Gasteiger partial charge in [0.2, 0.25) is 5.88 Å². The Morgan fingerprint density at radius 1 is 1.05 bits per heavy atom. The highest BCUT2D eigenvalue weighted by molar-refractivity contribution is 5.48. The van der Waals surface area contributed by atoms with Gasteiger partial charge in [0, 0.05) is 12.5 Å². The maximum absolute atomic E-state index is 5.90. The number of hydrogen-bond acceptors (Lipinski definition) is 4. The molecular weight excluding hydrogens is 262 g/mol. The molecule has 0 atom stereocenters. The quantitative estimate of drug-likeness (QED) is 0.636. The lowest BCUT2D eigenvalue weighted by molar-refractivity contribution is 0.289. The Hall–Kier alpha value is -1.32. The molecule has 21 heavy (non-hydrogen) atoms. The standard InChI is InChI=1S/C17H31N3O/c1-6-8-9-10-11-12-21-17-14(5)16(18-7-2)19-15(20-17)13(3)4/h13H,6-12H2,1-5H3,(H,18,19,20). The zero-order valence-corrected chi connectivity index (χ0v) is 14.3. The number of rotatable bonds is 10. The topological polar surface area (TPSA) is 47.0 Å².